The van der Waals surface area contributed by atoms with Gasteiger partial charge in [0.2, 0.25) is 5.13 Å². The summed E-state index contributed by atoms with van der Waals surface area (Å²) in [5.41, 5.74) is 1.51. The van der Waals surface area contributed by atoms with Gasteiger partial charge in [-0.1, -0.05) is 11.3 Å². The van der Waals surface area contributed by atoms with E-state index in [2.05, 4.69) is 31.4 Å². The number of carbonyl (C=O) groups excluding carboxylic acids is 1. The van der Waals surface area contributed by atoms with Crippen LogP contribution in [0.2, 0.25) is 0 Å². The van der Waals surface area contributed by atoms with Crippen molar-refractivity contribution in [1.29, 1.82) is 0 Å². The number of ether oxygens (including phenoxy) is 1. The number of aromatic nitrogens is 2. The fourth-order valence-electron chi connectivity index (χ4n) is 1.25. The summed E-state index contributed by atoms with van der Waals surface area (Å²) in [6.07, 6.45) is -0.745. The first-order valence-electron chi connectivity index (χ1n) is 5.25. The Balaban J connectivity index is 2.00. The van der Waals surface area contributed by atoms with Crippen molar-refractivity contribution in [3.05, 3.63) is 34.0 Å². The van der Waals surface area contributed by atoms with Gasteiger partial charge in [-0.2, -0.15) is 0 Å². The molecule has 0 aliphatic rings. The molecule has 0 saturated heterocycles. The van der Waals surface area contributed by atoms with Crippen LogP contribution in [0.25, 0.3) is 0 Å². The van der Waals surface area contributed by atoms with Crippen molar-refractivity contribution in [3.8, 4) is 5.75 Å². The van der Waals surface area contributed by atoms with E-state index < -0.39 is 6.10 Å². The first-order valence-corrected chi connectivity index (χ1v) is 6.92. The summed E-state index contributed by atoms with van der Waals surface area (Å²) in [7, 11) is 0. The summed E-state index contributed by atoms with van der Waals surface area (Å²) in [4.78, 5) is 11.8. The molecule has 1 heterocycles. The van der Waals surface area contributed by atoms with Gasteiger partial charge >= 0.3 is 0 Å². The van der Waals surface area contributed by atoms with Crippen LogP contribution in [0.3, 0.4) is 0 Å². The van der Waals surface area contributed by atoms with Crippen LogP contribution in [0.1, 0.15) is 6.92 Å². The Kier molecular flexibility index (Phi) is 4.43. The third-order valence-corrected chi connectivity index (χ3v) is 3.38. The normalized spacial score (nSPS) is 11.9. The molecule has 0 radical (unpaired) electrons. The Morgan fingerprint density at radius 2 is 2.37 bits per heavy atom. The maximum atomic E-state index is 12.9. The minimum absolute atomic E-state index is 0.354. The summed E-state index contributed by atoms with van der Waals surface area (Å²) < 4.78 is 18.8. The summed E-state index contributed by atoms with van der Waals surface area (Å²) >= 11 is 4.38. The minimum Gasteiger partial charge on any atom is -0.480 e. The van der Waals surface area contributed by atoms with E-state index in [9.17, 15) is 9.18 Å². The standard InChI is InChI=1S/C11H9BrFN3O2S/c1-6(10(17)15-11-16-14-5-19-11)18-9-3-2-7(13)4-8(9)12/h2-6H,1H3,(H,15,16,17)/t6-/m0/s1. The highest BCUT2D eigenvalue weighted by molar-refractivity contribution is 9.10. The molecule has 0 unspecified atom stereocenters. The zero-order chi connectivity index (χ0) is 13.8. The summed E-state index contributed by atoms with van der Waals surface area (Å²) in [5.74, 6) is -0.348. The molecule has 1 amide bonds. The second-order valence-electron chi connectivity index (χ2n) is 3.57. The van der Waals surface area contributed by atoms with Gasteiger partial charge in [-0.3, -0.25) is 10.1 Å². The smallest absolute Gasteiger partial charge is 0.266 e. The Hall–Kier alpha value is -1.54. The number of benzene rings is 1. The largest absolute Gasteiger partial charge is 0.480 e. The number of nitrogens with one attached hydrogen (secondary N) is 1. The van der Waals surface area contributed by atoms with Crippen LogP contribution in [0, 0.1) is 5.82 Å². The van der Waals surface area contributed by atoms with Crippen LogP contribution in [-0.4, -0.2) is 22.2 Å². The van der Waals surface area contributed by atoms with E-state index in [1.54, 1.807) is 6.92 Å². The SMILES string of the molecule is C[C@H](Oc1ccc(F)cc1Br)C(=O)Nc1nncs1. The number of amides is 1. The molecule has 1 aromatic heterocycles. The van der Waals surface area contributed by atoms with Crippen molar-refractivity contribution >= 4 is 38.3 Å². The monoisotopic (exact) mass is 345 g/mol. The molecule has 0 aliphatic carbocycles. The average molecular weight is 346 g/mol. The van der Waals surface area contributed by atoms with Crippen molar-refractivity contribution in [2.24, 2.45) is 0 Å². The molecule has 0 spiro atoms. The first-order chi connectivity index (χ1) is 9.06. The fourth-order valence-corrected chi connectivity index (χ4v) is 2.14. The molecule has 100 valence electrons. The van der Waals surface area contributed by atoms with E-state index >= 15 is 0 Å². The lowest BCUT2D eigenvalue weighted by molar-refractivity contribution is -0.122. The van der Waals surface area contributed by atoms with Crippen LogP contribution in [0.15, 0.2) is 28.2 Å². The Bertz CT molecular complexity index is 579. The van der Waals surface area contributed by atoms with Crippen molar-refractivity contribution in [1.82, 2.24) is 10.2 Å². The number of carbonyl (C=O) groups is 1. The first kappa shape index (κ1) is 13.9. The number of hydrogen-bond donors (Lipinski definition) is 1. The predicted molar refractivity (Wildman–Crippen MR) is 72.7 cm³/mol. The number of halogens is 2. The molecule has 1 atom stereocenters. The molecule has 1 aromatic carbocycles. The summed E-state index contributed by atoms with van der Waals surface area (Å²) in [6, 6.07) is 3.98. The highest BCUT2D eigenvalue weighted by atomic mass is 79.9. The topological polar surface area (TPSA) is 64.1 Å². The number of hydrogen-bond acceptors (Lipinski definition) is 5. The minimum atomic E-state index is -0.745. The van der Waals surface area contributed by atoms with E-state index in [-0.39, 0.29) is 11.7 Å². The van der Waals surface area contributed by atoms with Crippen LogP contribution >= 0.6 is 27.3 Å². The Labute approximate surface area is 120 Å². The van der Waals surface area contributed by atoms with Gasteiger partial charge in [0.05, 0.1) is 4.47 Å². The maximum Gasteiger partial charge on any atom is 0.266 e. The van der Waals surface area contributed by atoms with E-state index in [1.165, 1.54) is 35.0 Å². The van der Waals surface area contributed by atoms with Gasteiger partial charge < -0.3 is 4.74 Å². The Morgan fingerprint density at radius 1 is 1.58 bits per heavy atom. The third-order valence-electron chi connectivity index (χ3n) is 2.16. The molecule has 0 saturated carbocycles. The van der Waals surface area contributed by atoms with Gasteiger partial charge in [0.15, 0.2) is 6.10 Å². The van der Waals surface area contributed by atoms with Gasteiger partial charge in [-0.25, -0.2) is 4.39 Å². The third kappa shape index (κ3) is 3.71. The van der Waals surface area contributed by atoms with Crippen molar-refractivity contribution in [2.75, 3.05) is 5.32 Å². The molecular weight excluding hydrogens is 337 g/mol. The molecule has 2 aromatic rings. The van der Waals surface area contributed by atoms with Gasteiger partial charge in [0, 0.05) is 0 Å². The second kappa shape index (κ2) is 6.07. The van der Waals surface area contributed by atoms with Crippen molar-refractivity contribution < 1.29 is 13.9 Å². The van der Waals surface area contributed by atoms with Crippen LogP contribution in [-0.2, 0) is 4.79 Å². The number of anilines is 1. The lowest BCUT2D eigenvalue weighted by Gasteiger charge is -2.14. The number of nitrogens with zero attached hydrogens (tertiary/aromatic N) is 2. The van der Waals surface area contributed by atoms with Gasteiger partial charge in [0.25, 0.3) is 5.91 Å². The molecule has 0 fully saturated rings. The summed E-state index contributed by atoms with van der Waals surface area (Å²) in [5, 5.41) is 10.3. The van der Waals surface area contributed by atoms with Crippen LogP contribution < -0.4 is 10.1 Å². The van der Waals surface area contributed by atoms with Gasteiger partial charge in [-0.05, 0) is 41.1 Å². The zero-order valence-corrected chi connectivity index (χ0v) is 12.2. The quantitative estimate of drug-likeness (QED) is 0.925. The predicted octanol–water partition coefficient (Wildman–Crippen LogP) is 2.85. The number of rotatable bonds is 4. The highest BCUT2D eigenvalue weighted by Gasteiger charge is 2.17. The Morgan fingerprint density at radius 3 is 3.00 bits per heavy atom. The van der Waals surface area contributed by atoms with Gasteiger partial charge in [0.1, 0.15) is 17.1 Å². The van der Waals surface area contributed by atoms with Crippen LogP contribution in [0.5, 0.6) is 5.75 Å². The van der Waals surface area contributed by atoms with Crippen molar-refractivity contribution in [2.45, 2.75) is 13.0 Å². The maximum absolute atomic E-state index is 12.9. The highest BCUT2D eigenvalue weighted by Crippen LogP contribution is 2.26. The van der Waals surface area contributed by atoms with E-state index in [0.29, 0.717) is 15.4 Å². The van der Waals surface area contributed by atoms with Crippen molar-refractivity contribution in [3.63, 3.8) is 0 Å². The van der Waals surface area contributed by atoms with E-state index in [1.807, 2.05) is 0 Å². The molecule has 0 aliphatic heterocycles. The molecule has 5 nitrogen and oxygen atoms in total. The molecule has 0 bridgehead atoms. The van der Waals surface area contributed by atoms with Crippen LogP contribution in [0.4, 0.5) is 9.52 Å². The lowest BCUT2D eigenvalue weighted by atomic mass is 10.3. The van der Waals surface area contributed by atoms with E-state index in [0.717, 1.165) is 0 Å². The average Bonchev–Trinajstić information content (AvgIpc) is 2.85. The molecule has 19 heavy (non-hydrogen) atoms. The summed E-state index contributed by atoms with van der Waals surface area (Å²) in [6.45, 7) is 1.59. The molecule has 8 heteroatoms. The second-order valence-corrected chi connectivity index (χ2v) is 5.26. The molecule has 2 rings (SSSR count). The zero-order valence-electron chi connectivity index (χ0n) is 9.76. The molecular formula is C11H9BrFN3O2S. The van der Waals surface area contributed by atoms with E-state index in [4.69, 9.17) is 4.74 Å². The van der Waals surface area contributed by atoms with Gasteiger partial charge in [-0.15, -0.1) is 10.2 Å². The molecule has 1 N–H and O–H groups in total. The lowest BCUT2D eigenvalue weighted by Crippen LogP contribution is -2.30. The fraction of sp³-hybridized carbons (Fsp3) is 0.182.